The molecule has 0 radical (unpaired) electrons. The molecule has 1 aliphatic rings. The Kier molecular flexibility index (Phi) is 3.26. The average molecular weight is 281 g/mol. The highest BCUT2D eigenvalue weighted by molar-refractivity contribution is 6.05. The van der Waals surface area contributed by atoms with Crippen LogP contribution in [0.5, 0.6) is 0 Å². The van der Waals surface area contributed by atoms with Gasteiger partial charge in [-0.3, -0.25) is 15.1 Å². The van der Waals surface area contributed by atoms with Gasteiger partial charge in [-0.05, 0) is 6.07 Å². The third-order valence-corrected chi connectivity index (χ3v) is 3.17. The minimum Gasteiger partial charge on any atom is -0.392 e. The first kappa shape index (κ1) is 13.1. The lowest BCUT2D eigenvalue weighted by molar-refractivity contribution is -0.119. The number of benzene rings is 1. The van der Waals surface area contributed by atoms with E-state index in [0.29, 0.717) is 11.1 Å². The number of aliphatic hydroxyl groups is 1. The van der Waals surface area contributed by atoms with Crippen molar-refractivity contribution in [3.05, 3.63) is 41.6 Å². The van der Waals surface area contributed by atoms with Gasteiger partial charge in [0.05, 0.1) is 12.1 Å². The van der Waals surface area contributed by atoms with E-state index in [-0.39, 0.29) is 6.61 Å². The Hall–Kier alpha value is -2.91. The van der Waals surface area contributed by atoms with E-state index in [1.807, 2.05) is 24.3 Å². The molecule has 0 bridgehead atoms. The number of hydrogen-bond acceptors (Lipinski definition) is 4. The first-order valence-electron chi connectivity index (χ1n) is 6.29. The topological polar surface area (TPSA) is 91.3 Å². The maximum absolute atomic E-state index is 11.4. The highest BCUT2D eigenvalue weighted by Gasteiger charge is 2.27. The standard InChI is InChI=1S/C15H11N3O3/c19-8-11-9(5-6-13-14(20)18-15(21)17-13)7-16-12-4-2-1-3-10(11)12/h1-4,7,13,19H,8H2,(H2,17,18,20,21). The largest absolute Gasteiger partial charge is 0.392 e. The van der Waals surface area contributed by atoms with Crippen LogP contribution in [0.4, 0.5) is 4.79 Å². The molecule has 6 nitrogen and oxygen atoms in total. The normalized spacial score (nSPS) is 17.1. The molecule has 0 spiro atoms. The molecule has 21 heavy (non-hydrogen) atoms. The van der Waals surface area contributed by atoms with E-state index in [2.05, 4.69) is 27.5 Å². The molecule has 1 fully saturated rings. The van der Waals surface area contributed by atoms with Crippen LogP contribution in [0.3, 0.4) is 0 Å². The molecule has 6 heteroatoms. The van der Waals surface area contributed by atoms with Crippen molar-refractivity contribution in [3.8, 4) is 11.8 Å². The van der Waals surface area contributed by atoms with Crippen LogP contribution in [-0.2, 0) is 11.4 Å². The summed E-state index contributed by atoms with van der Waals surface area (Å²) in [6, 6.07) is 5.97. The van der Waals surface area contributed by atoms with E-state index < -0.39 is 18.0 Å². The zero-order valence-corrected chi connectivity index (χ0v) is 10.9. The molecule has 2 heterocycles. The number of aliphatic hydroxyl groups excluding tert-OH is 1. The van der Waals surface area contributed by atoms with Crippen LogP contribution in [0.15, 0.2) is 30.5 Å². The lowest BCUT2D eigenvalue weighted by Gasteiger charge is -2.05. The van der Waals surface area contributed by atoms with E-state index in [0.717, 1.165) is 10.9 Å². The second-order valence-corrected chi connectivity index (χ2v) is 4.49. The number of imide groups is 1. The molecule has 3 N–H and O–H groups in total. The lowest BCUT2D eigenvalue weighted by Crippen LogP contribution is -2.26. The van der Waals surface area contributed by atoms with E-state index >= 15 is 0 Å². The molecule has 1 aliphatic heterocycles. The van der Waals surface area contributed by atoms with Crippen LogP contribution in [0.25, 0.3) is 10.9 Å². The Morgan fingerprint density at radius 3 is 2.81 bits per heavy atom. The number of aromatic nitrogens is 1. The Balaban J connectivity index is 2.02. The monoisotopic (exact) mass is 281 g/mol. The van der Waals surface area contributed by atoms with Crippen molar-refractivity contribution in [1.82, 2.24) is 15.6 Å². The predicted molar refractivity (Wildman–Crippen MR) is 75.0 cm³/mol. The molecule has 1 unspecified atom stereocenters. The Morgan fingerprint density at radius 2 is 2.10 bits per heavy atom. The van der Waals surface area contributed by atoms with Crippen LogP contribution in [-0.4, -0.2) is 28.1 Å². The molecule has 1 aromatic carbocycles. The van der Waals surface area contributed by atoms with Crippen LogP contribution in [0, 0.1) is 11.8 Å². The summed E-state index contributed by atoms with van der Waals surface area (Å²) in [7, 11) is 0. The second kappa shape index (κ2) is 5.23. The van der Waals surface area contributed by atoms with Crippen molar-refractivity contribution in [2.45, 2.75) is 12.6 Å². The molecule has 104 valence electrons. The summed E-state index contributed by atoms with van der Waals surface area (Å²) in [5, 5.41) is 14.9. The van der Waals surface area contributed by atoms with Crippen LogP contribution < -0.4 is 10.6 Å². The van der Waals surface area contributed by atoms with Gasteiger partial charge in [-0.1, -0.05) is 30.0 Å². The summed E-state index contributed by atoms with van der Waals surface area (Å²) >= 11 is 0. The molecule has 1 aromatic heterocycles. The van der Waals surface area contributed by atoms with E-state index in [1.165, 1.54) is 0 Å². The predicted octanol–water partition coefficient (Wildman–Crippen LogP) is 0.287. The van der Waals surface area contributed by atoms with Crippen molar-refractivity contribution < 1.29 is 14.7 Å². The summed E-state index contributed by atoms with van der Waals surface area (Å²) in [6.45, 7) is -0.184. The number of carbonyl (C=O) groups is 2. The van der Waals surface area contributed by atoms with Crippen LogP contribution >= 0.6 is 0 Å². The zero-order chi connectivity index (χ0) is 14.8. The van der Waals surface area contributed by atoms with Crippen molar-refractivity contribution in [2.24, 2.45) is 0 Å². The first-order valence-corrected chi connectivity index (χ1v) is 6.29. The maximum atomic E-state index is 11.4. The number of nitrogens with zero attached hydrogens (tertiary/aromatic N) is 1. The van der Waals surface area contributed by atoms with Gasteiger partial charge in [0.15, 0.2) is 6.04 Å². The third kappa shape index (κ3) is 2.42. The minimum atomic E-state index is -0.879. The summed E-state index contributed by atoms with van der Waals surface area (Å²) in [4.78, 5) is 26.7. The number of carbonyl (C=O) groups excluding carboxylic acids is 2. The highest BCUT2D eigenvalue weighted by atomic mass is 16.3. The van der Waals surface area contributed by atoms with Gasteiger partial charge in [0.2, 0.25) is 0 Å². The van der Waals surface area contributed by atoms with Gasteiger partial charge in [-0.15, -0.1) is 0 Å². The zero-order valence-electron chi connectivity index (χ0n) is 10.9. The summed E-state index contributed by atoms with van der Waals surface area (Å²) < 4.78 is 0. The van der Waals surface area contributed by atoms with Gasteiger partial charge >= 0.3 is 6.03 Å². The number of amides is 3. The lowest BCUT2D eigenvalue weighted by atomic mass is 10.0. The third-order valence-electron chi connectivity index (χ3n) is 3.17. The highest BCUT2D eigenvalue weighted by Crippen LogP contribution is 2.19. The van der Waals surface area contributed by atoms with Crippen LogP contribution in [0.1, 0.15) is 11.1 Å². The van der Waals surface area contributed by atoms with Crippen molar-refractivity contribution in [2.75, 3.05) is 0 Å². The molecule has 0 saturated carbocycles. The number of para-hydroxylation sites is 1. The molecule has 3 rings (SSSR count). The smallest absolute Gasteiger partial charge is 0.322 e. The number of hydrogen-bond donors (Lipinski definition) is 3. The number of pyridine rings is 1. The quantitative estimate of drug-likeness (QED) is 0.517. The fourth-order valence-corrected chi connectivity index (χ4v) is 2.14. The number of fused-ring (bicyclic) bond motifs is 1. The number of urea groups is 1. The average Bonchev–Trinajstić information content (AvgIpc) is 2.82. The molecule has 3 amide bonds. The Bertz CT molecular complexity index is 805. The first-order chi connectivity index (χ1) is 10.2. The number of nitrogens with one attached hydrogen (secondary N) is 2. The van der Waals surface area contributed by atoms with Gasteiger partial charge in [-0.25, -0.2) is 4.79 Å². The Labute approximate surface area is 120 Å². The summed E-state index contributed by atoms with van der Waals surface area (Å²) in [6.07, 6.45) is 1.55. The van der Waals surface area contributed by atoms with E-state index in [9.17, 15) is 14.7 Å². The van der Waals surface area contributed by atoms with E-state index in [1.54, 1.807) is 6.20 Å². The molecule has 1 atom stereocenters. The SMILES string of the molecule is O=C1NC(=O)C(C#Cc2cnc3ccccc3c2CO)N1. The molecular formula is C15H11N3O3. The Morgan fingerprint density at radius 1 is 1.29 bits per heavy atom. The molecule has 2 aromatic rings. The van der Waals surface area contributed by atoms with Crippen molar-refractivity contribution in [3.63, 3.8) is 0 Å². The molecular weight excluding hydrogens is 270 g/mol. The summed E-state index contributed by atoms with van der Waals surface area (Å²) in [5.74, 6) is 4.99. The minimum absolute atomic E-state index is 0.184. The summed E-state index contributed by atoms with van der Waals surface area (Å²) in [5.41, 5.74) is 1.95. The van der Waals surface area contributed by atoms with Crippen molar-refractivity contribution in [1.29, 1.82) is 0 Å². The van der Waals surface area contributed by atoms with Gasteiger partial charge in [0, 0.05) is 22.7 Å². The van der Waals surface area contributed by atoms with Gasteiger partial charge in [0.25, 0.3) is 5.91 Å². The van der Waals surface area contributed by atoms with Crippen LogP contribution in [0.2, 0.25) is 0 Å². The maximum Gasteiger partial charge on any atom is 0.322 e. The van der Waals surface area contributed by atoms with Gasteiger partial charge in [-0.2, -0.15) is 0 Å². The fourth-order valence-electron chi connectivity index (χ4n) is 2.14. The number of rotatable bonds is 1. The van der Waals surface area contributed by atoms with E-state index in [4.69, 9.17) is 0 Å². The molecule has 0 aliphatic carbocycles. The van der Waals surface area contributed by atoms with Crippen molar-refractivity contribution >= 4 is 22.8 Å². The second-order valence-electron chi connectivity index (χ2n) is 4.49. The molecule has 1 saturated heterocycles. The van der Waals surface area contributed by atoms with Gasteiger partial charge in [0.1, 0.15) is 0 Å². The fraction of sp³-hybridized carbons (Fsp3) is 0.133. The van der Waals surface area contributed by atoms with Gasteiger partial charge < -0.3 is 10.4 Å².